The summed E-state index contributed by atoms with van der Waals surface area (Å²) in [6.45, 7) is 1.35. The third-order valence-corrected chi connectivity index (χ3v) is 4.94. The second kappa shape index (κ2) is 10.6. The molecular formula is C21H23ClF3N3O4. The van der Waals surface area contributed by atoms with Crippen molar-refractivity contribution in [2.75, 3.05) is 38.4 Å². The summed E-state index contributed by atoms with van der Waals surface area (Å²) in [5, 5.41) is 4.63. The van der Waals surface area contributed by atoms with Crippen molar-refractivity contribution in [2.24, 2.45) is 0 Å². The summed E-state index contributed by atoms with van der Waals surface area (Å²) in [4.78, 5) is 26.3. The lowest BCUT2D eigenvalue weighted by atomic mass is 10.2. The molecule has 1 atom stereocenters. The summed E-state index contributed by atoms with van der Waals surface area (Å²) in [5.74, 6) is -0.0189. The number of hydrogen-bond acceptors (Lipinski definition) is 5. The molecule has 0 radical (unpaired) electrons. The predicted octanol–water partition coefficient (Wildman–Crippen LogP) is 4.27. The minimum absolute atomic E-state index is 0.0549. The van der Waals surface area contributed by atoms with Crippen molar-refractivity contribution in [3.63, 3.8) is 0 Å². The molecule has 0 aliphatic rings. The zero-order valence-electron chi connectivity index (χ0n) is 17.8. The van der Waals surface area contributed by atoms with E-state index in [1.54, 1.807) is 32.2 Å². The van der Waals surface area contributed by atoms with Gasteiger partial charge in [0.15, 0.2) is 0 Å². The summed E-state index contributed by atoms with van der Waals surface area (Å²) in [5.41, 5.74) is -0.663. The first-order chi connectivity index (χ1) is 14.9. The molecule has 174 valence electrons. The number of carbonyl (C=O) groups is 2. The molecular weight excluding hydrogens is 451 g/mol. The molecule has 2 aromatic rings. The molecule has 2 amide bonds. The van der Waals surface area contributed by atoms with Crippen LogP contribution in [0.5, 0.6) is 11.5 Å². The number of methoxy groups -OCH3 is 2. The highest BCUT2D eigenvalue weighted by molar-refractivity contribution is 6.31. The summed E-state index contributed by atoms with van der Waals surface area (Å²) < 4.78 is 49.3. The Morgan fingerprint density at radius 3 is 2.16 bits per heavy atom. The van der Waals surface area contributed by atoms with Crippen LogP contribution in [-0.4, -0.2) is 50.6 Å². The molecule has 2 aromatic carbocycles. The van der Waals surface area contributed by atoms with Gasteiger partial charge in [-0.2, -0.15) is 13.2 Å². The Balaban J connectivity index is 2.00. The van der Waals surface area contributed by atoms with E-state index in [2.05, 4.69) is 10.6 Å². The van der Waals surface area contributed by atoms with E-state index in [0.717, 1.165) is 12.1 Å². The Kier molecular flexibility index (Phi) is 8.34. The van der Waals surface area contributed by atoms with Crippen molar-refractivity contribution in [2.45, 2.75) is 19.1 Å². The van der Waals surface area contributed by atoms with Gasteiger partial charge in [0.2, 0.25) is 11.8 Å². The monoisotopic (exact) mass is 473 g/mol. The Hall–Kier alpha value is -2.98. The van der Waals surface area contributed by atoms with E-state index in [0.29, 0.717) is 17.2 Å². The van der Waals surface area contributed by atoms with Crippen molar-refractivity contribution in [1.82, 2.24) is 4.90 Å². The number of ether oxygens (including phenoxy) is 2. The first kappa shape index (κ1) is 25.3. The number of alkyl halides is 3. The lowest BCUT2D eigenvalue weighted by molar-refractivity contribution is -0.137. The molecule has 0 saturated heterocycles. The van der Waals surface area contributed by atoms with Gasteiger partial charge in [-0.1, -0.05) is 11.6 Å². The molecule has 0 aromatic heterocycles. The first-order valence-corrected chi connectivity index (χ1v) is 9.73. The minimum atomic E-state index is -4.65. The first-order valence-electron chi connectivity index (χ1n) is 9.35. The second-order valence-corrected chi connectivity index (χ2v) is 7.33. The highest BCUT2D eigenvalue weighted by Gasteiger charge is 2.33. The molecule has 1 unspecified atom stereocenters. The molecule has 0 spiro atoms. The topological polar surface area (TPSA) is 79.9 Å². The molecule has 0 aliphatic heterocycles. The van der Waals surface area contributed by atoms with E-state index in [-0.39, 0.29) is 12.2 Å². The molecule has 0 aliphatic carbocycles. The van der Waals surface area contributed by atoms with Gasteiger partial charge in [-0.25, -0.2) is 0 Å². The van der Waals surface area contributed by atoms with Crippen LogP contribution in [0.3, 0.4) is 0 Å². The number of benzene rings is 2. The van der Waals surface area contributed by atoms with Crippen LogP contribution in [0.15, 0.2) is 36.4 Å². The van der Waals surface area contributed by atoms with E-state index in [1.807, 2.05) is 0 Å². The number of hydrogen-bond donors (Lipinski definition) is 2. The predicted molar refractivity (Wildman–Crippen MR) is 115 cm³/mol. The maximum absolute atomic E-state index is 13.0. The van der Waals surface area contributed by atoms with E-state index in [1.165, 1.54) is 25.2 Å². The third kappa shape index (κ3) is 6.76. The van der Waals surface area contributed by atoms with Gasteiger partial charge in [0, 0.05) is 29.6 Å². The Morgan fingerprint density at radius 2 is 1.62 bits per heavy atom. The third-order valence-electron chi connectivity index (χ3n) is 4.61. The van der Waals surface area contributed by atoms with Crippen LogP contribution in [-0.2, 0) is 15.8 Å². The fourth-order valence-electron chi connectivity index (χ4n) is 2.71. The quantitative estimate of drug-likeness (QED) is 0.598. The van der Waals surface area contributed by atoms with Gasteiger partial charge < -0.3 is 20.1 Å². The maximum atomic E-state index is 13.0. The number of likely N-dealkylation sites (N-methyl/N-ethyl adjacent to an activating group) is 1. The molecule has 2 N–H and O–H groups in total. The van der Waals surface area contributed by atoms with Crippen LogP contribution in [0.25, 0.3) is 0 Å². The van der Waals surface area contributed by atoms with E-state index < -0.39 is 34.6 Å². The minimum Gasteiger partial charge on any atom is -0.497 e. The van der Waals surface area contributed by atoms with Crippen LogP contribution < -0.4 is 20.1 Å². The van der Waals surface area contributed by atoms with Crippen molar-refractivity contribution in [1.29, 1.82) is 0 Å². The molecule has 7 nitrogen and oxygen atoms in total. The summed E-state index contributed by atoms with van der Waals surface area (Å²) in [6.07, 6.45) is -4.65. The van der Waals surface area contributed by atoms with Crippen molar-refractivity contribution < 1.29 is 32.2 Å². The number of carbonyl (C=O) groups excluding carboxylic acids is 2. The molecule has 2 rings (SSSR count). The number of halogens is 4. The largest absolute Gasteiger partial charge is 0.497 e. The Labute approximate surface area is 188 Å². The Morgan fingerprint density at radius 1 is 1.03 bits per heavy atom. The summed E-state index contributed by atoms with van der Waals surface area (Å²) in [7, 11) is 4.50. The van der Waals surface area contributed by atoms with Crippen LogP contribution in [0.1, 0.15) is 12.5 Å². The molecule has 0 bridgehead atoms. The number of rotatable bonds is 8. The highest BCUT2D eigenvalue weighted by Crippen LogP contribution is 2.36. The zero-order valence-corrected chi connectivity index (χ0v) is 18.6. The van der Waals surface area contributed by atoms with Crippen LogP contribution in [0, 0.1) is 0 Å². The molecule has 0 heterocycles. The lowest BCUT2D eigenvalue weighted by Gasteiger charge is -2.23. The van der Waals surface area contributed by atoms with Crippen molar-refractivity contribution in [3.8, 4) is 11.5 Å². The standard InChI is InChI=1S/C21H23ClF3N3O4/c1-12(20(30)27-14-7-15(31-3)10-16(8-14)32-4)28(2)11-19(29)26-13-5-6-18(22)17(9-13)21(23,24)25/h5-10,12H,11H2,1-4H3,(H,26,29)(H,27,30). The lowest BCUT2D eigenvalue weighted by Crippen LogP contribution is -2.43. The SMILES string of the molecule is COc1cc(NC(=O)C(C)N(C)CC(=O)Nc2ccc(Cl)c(C(F)(F)F)c2)cc(OC)c1. The zero-order chi connectivity index (χ0) is 24.1. The molecule has 0 saturated carbocycles. The number of anilines is 2. The molecule has 32 heavy (non-hydrogen) atoms. The van der Waals surface area contributed by atoms with Crippen molar-refractivity contribution in [3.05, 3.63) is 47.0 Å². The van der Waals surface area contributed by atoms with Gasteiger partial charge >= 0.3 is 6.18 Å². The molecule has 11 heteroatoms. The van der Waals surface area contributed by atoms with Gasteiger partial charge in [-0.3, -0.25) is 14.5 Å². The van der Waals surface area contributed by atoms with Crippen molar-refractivity contribution >= 4 is 34.8 Å². The number of nitrogens with zero attached hydrogens (tertiary/aromatic N) is 1. The average Bonchev–Trinajstić information content (AvgIpc) is 2.73. The van der Waals surface area contributed by atoms with Gasteiger partial charge in [-0.05, 0) is 32.2 Å². The average molecular weight is 474 g/mol. The summed E-state index contributed by atoms with van der Waals surface area (Å²) >= 11 is 5.58. The summed E-state index contributed by atoms with van der Waals surface area (Å²) in [6, 6.07) is 7.22. The van der Waals surface area contributed by atoms with Crippen LogP contribution >= 0.6 is 11.6 Å². The van der Waals surface area contributed by atoms with E-state index in [4.69, 9.17) is 21.1 Å². The van der Waals surface area contributed by atoms with Gasteiger partial charge in [0.1, 0.15) is 11.5 Å². The second-order valence-electron chi connectivity index (χ2n) is 6.92. The number of nitrogens with one attached hydrogen (secondary N) is 2. The van der Waals surface area contributed by atoms with E-state index >= 15 is 0 Å². The number of amides is 2. The van der Waals surface area contributed by atoms with Crippen LogP contribution in [0.2, 0.25) is 5.02 Å². The normalized spacial score (nSPS) is 12.3. The van der Waals surface area contributed by atoms with E-state index in [9.17, 15) is 22.8 Å². The Bertz CT molecular complexity index is 963. The smallest absolute Gasteiger partial charge is 0.417 e. The highest BCUT2D eigenvalue weighted by atomic mass is 35.5. The fourth-order valence-corrected chi connectivity index (χ4v) is 2.94. The van der Waals surface area contributed by atoms with Crippen LogP contribution in [0.4, 0.5) is 24.5 Å². The fraction of sp³-hybridized carbons (Fsp3) is 0.333. The van der Waals surface area contributed by atoms with Gasteiger partial charge in [0.05, 0.1) is 37.4 Å². The van der Waals surface area contributed by atoms with Gasteiger partial charge in [0.25, 0.3) is 0 Å². The van der Waals surface area contributed by atoms with Gasteiger partial charge in [-0.15, -0.1) is 0 Å². The molecule has 0 fully saturated rings. The maximum Gasteiger partial charge on any atom is 0.417 e.